The minimum Gasteiger partial charge on any atom is -0.298 e. The van der Waals surface area contributed by atoms with Crippen LogP contribution in [0.4, 0.5) is 10.1 Å². The number of rotatable bonds is 7. The highest BCUT2D eigenvalue weighted by Gasteiger charge is 2.16. The highest BCUT2D eigenvalue weighted by molar-refractivity contribution is 7.98. The minimum absolute atomic E-state index is 0.0174. The largest absolute Gasteiger partial charge is 0.298 e. The van der Waals surface area contributed by atoms with Crippen molar-refractivity contribution in [1.29, 1.82) is 0 Å². The molecule has 1 aromatic heterocycles. The number of aromatic nitrogens is 3. The molecule has 0 atom stereocenters. The Morgan fingerprint density at radius 3 is 2.77 bits per heavy atom. The van der Waals surface area contributed by atoms with E-state index in [-0.39, 0.29) is 11.5 Å². The van der Waals surface area contributed by atoms with E-state index in [1.54, 1.807) is 41.0 Å². The van der Waals surface area contributed by atoms with Crippen LogP contribution >= 0.6 is 11.8 Å². The summed E-state index contributed by atoms with van der Waals surface area (Å²) in [7, 11) is 0. The number of nitro benzene ring substituents is 1. The first-order valence-corrected chi connectivity index (χ1v) is 8.74. The molecule has 0 aliphatic heterocycles. The number of hydrogen-bond donors (Lipinski definition) is 0. The van der Waals surface area contributed by atoms with Crippen LogP contribution in [-0.4, -0.2) is 19.7 Å². The number of non-ortho nitro benzene ring substituents is 1. The summed E-state index contributed by atoms with van der Waals surface area (Å²) in [5.74, 6) is 0.634. The second-order valence-electron chi connectivity index (χ2n) is 5.39. The van der Waals surface area contributed by atoms with Crippen LogP contribution in [0.15, 0.2) is 66.3 Å². The Kier molecular flexibility index (Phi) is 5.43. The quantitative estimate of drug-likeness (QED) is 0.265. The van der Waals surface area contributed by atoms with Crippen LogP contribution < -0.4 is 0 Å². The third-order valence-corrected chi connectivity index (χ3v) is 4.67. The molecular formula is C18H15FN4O2S. The average Bonchev–Trinajstić information content (AvgIpc) is 3.04. The van der Waals surface area contributed by atoms with Crippen molar-refractivity contribution in [2.45, 2.75) is 17.5 Å². The van der Waals surface area contributed by atoms with Crippen molar-refractivity contribution in [3.05, 3.63) is 82.7 Å². The number of benzene rings is 2. The Hall–Kier alpha value is -3.00. The summed E-state index contributed by atoms with van der Waals surface area (Å²) < 4.78 is 15.6. The van der Waals surface area contributed by atoms with Gasteiger partial charge in [-0.1, -0.05) is 48.2 Å². The van der Waals surface area contributed by atoms with Gasteiger partial charge in [0.15, 0.2) is 11.0 Å². The molecule has 2 aromatic carbocycles. The van der Waals surface area contributed by atoms with Gasteiger partial charge in [-0.2, -0.15) is 0 Å². The summed E-state index contributed by atoms with van der Waals surface area (Å²) in [6.07, 6.45) is 1.69. The van der Waals surface area contributed by atoms with Gasteiger partial charge in [0.05, 0.1) is 4.92 Å². The third-order valence-electron chi connectivity index (χ3n) is 3.66. The Labute approximate surface area is 153 Å². The van der Waals surface area contributed by atoms with Crippen LogP contribution in [-0.2, 0) is 12.3 Å². The Bertz CT molecular complexity index is 958. The first kappa shape index (κ1) is 17.8. The molecule has 0 bridgehead atoms. The molecule has 3 aromatic rings. The zero-order valence-electron chi connectivity index (χ0n) is 13.7. The van der Waals surface area contributed by atoms with E-state index in [1.807, 2.05) is 0 Å². The molecule has 0 saturated heterocycles. The van der Waals surface area contributed by atoms with Crippen molar-refractivity contribution >= 4 is 17.4 Å². The van der Waals surface area contributed by atoms with Gasteiger partial charge in [-0.3, -0.25) is 14.7 Å². The number of nitrogens with zero attached hydrogens (tertiary/aromatic N) is 4. The molecule has 132 valence electrons. The molecule has 0 fully saturated rings. The van der Waals surface area contributed by atoms with Crippen LogP contribution in [0.25, 0.3) is 11.4 Å². The van der Waals surface area contributed by atoms with Gasteiger partial charge < -0.3 is 0 Å². The van der Waals surface area contributed by atoms with Gasteiger partial charge in [0.25, 0.3) is 5.69 Å². The van der Waals surface area contributed by atoms with E-state index in [0.29, 0.717) is 34.4 Å². The number of hydrogen-bond acceptors (Lipinski definition) is 5. The summed E-state index contributed by atoms with van der Waals surface area (Å²) in [5.41, 5.74) is 1.14. The van der Waals surface area contributed by atoms with Crippen molar-refractivity contribution in [3.8, 4) is 11.4 Å². The molecule has 0 amide bonds. The fraction of sp³-hybridized carbons (Fsp3) is 0.111. The van der Waals surface area contributed by atoms with Crippen molar-refractivity contribution in [2.24, 2.45) is 0 Å². The molecule has 0 saturated carbocycles. The molecule has 0 spiro atoms. The summed E-state index contributed by atoms with van der Waals surface area (Å²) in [4.78, 5) is 10.5. The molecule has 8 heteroatoms. The van der Waals surface area contributed by atoms with Crippen LogP contribution in [0, 0.1) is 15.9 Å². The lowest BCUT2D eigenvalue weighted by molar-refractivity contribution is -0.384. The van der Waals surface area contributed by atoms with E-state index in [9.17, 15) is 14.5 Å². The Balaban J connectivity index is 1.91. The van der Waals surface area contributed by atoms with E-state index in [1.165, 1.54) is 30.0 Å². The summed E-state index contributed by atoms with van der Waals surface area (Å²) >= 11 is 1.35. The fourth-order valence-corrected chi connectivity index (χ4v) is 3.35. The standard InChI is InChI=1S/C18H15FN4O2S/c1-2-10-22-17(13-7-5-8-15(11-13)23(24)25)20-21-18(22)26-12-14-6-3-4-9-16(14)19/h2-9,11H,1,10,12H2. The van der Waals surface area contributed by atoms with Gasteiger partial charge in [-0.15, -0.1) is 16.8 Å². The van der Waals surface area contributed by atoms with E-state index >= 15 is 0 Å². The molecule has 0 aliphatic rings. The predicted octanol–water partition coefficient (Wildman–Crippen LogP) is 4.47. The maximum atomic E-state index is 13.8. The summed E-state index contributed by atoms with van der Waals surface area (Å²) in [6, 6.07) is 12.8. The fourth-order valence-electron chi connectivity index (χ4n) is 2.42. The van der Waals surface area contributed by atoms with Crippen molar-refractivity contribution in [1.82, 2.24) is 14.8 Å². The van der Waals surface area contributed by atoms with Gasteiger partial charge in [0, 0.05) is 30.0 Å². The van der Waals surface area contributed by atoms with Crippen LogP contribution in [0.3, 0.4) is 0 Å². The van der Waals surface area contributed by atoms with Crippen molar-refractivity contribution in [2.75, 3.05) is 0 Å². The molecular weight excluding hydrogens is 355 g/mol. The first-order chi connectivity index (χ1) is 12.6. The lowest BCUT2D eigenvalue weighted by Crippen LogP contribution is -2.01. The lowest BCUT2D eigenvalue weighted by atomic mass is 10.2. The van der Waals surface area contributed by atoms with Crippen LogP contribution in [0.1, 0.15) is 5.56 Å². The van der Waals surface area contributed by atoms with E-state index in [2.05, 4.69) is 16.8 Å². The zero-order valence-corrected chi connectivity index (χ0v) is 14.5. The summed E-state index contributed by atoms with van der Waals surface area (Å²) in [5, 5.41) is 19.9. The molecule has 1 heterocycles. The number of allylic oxidation sites excluding steroid dienone is 1. The van der Waals surface area contributed by atoms with Gasteiger partial charge >= 0.3 is 0 Å². The molecule has 0 radical (unpaired) electrons. The number of thioether (sulfide) groups is 1. The summed E-state index contributed by atoms with van der Waals surface area (Å²) in [6.45, 7) is 4.17. The second-order valence-corrected chi connectivity index (χ2v) is 6.34. The molecule has 0 unspecified atom stereocenters. The minimum atomic E-state index is -0.453. The highest BCUT2D eigenvalue weighted by atomic mass is 32.2. The third kappa shape index (κ3) is 3.80. The van der Waals surface area contributed by atoms with E-state index in [0.717, 1.165) is 0 Å². The monoisotopic (exact) mass is 370 g/mol. The highest BCUT2D eigenvalue weighted by Crippen LogP contribution is 2.28. The topological polar surface area (TPSA) is 73.8 Å². The first-order valence-electron chi connectivity index (χ1n) is 7.75. The van der Waals surface area contributed by atoms with Gasteiger partial charge in [0.1, 0.15) is 5.82 Å². The maximum Gasteiger partial charge on any atom is 0.270 e. The van der Waals surface area contributed by atoms with E-state index < -0.39 is 4.92 Å². The number of nitro groups is 1. The van der Waals surface area contributed by atoms with Crippen molar-refractivity contribution in [3.63, 3.8) is 0 Å². The number of halogens is 1. The molecule has 3 rings (SSSR count). The maximum absolute atomic E-state index is 13.8. The Morgan fingerprint density at radius 1 is 1.23 bits per heavy atom. The second kappa shape index (κ2) is 7.92. The molecule has 26 heavy (non-hydrogen) atoms. The normalized spacial score (nSPS) is 10.7. The van der Waals surface area contributed by atoms with Crippen LogP contribution in [0.2, 0.25) is 0 Å². The van der Waals surface area contributed by atoms with Gasteiger partial charge in [-0.25, -0.2) is 4.39 Å². The van der Waals surface area contributed by atoms with Gasteiger partial charge in [0.2, 0.25) is 0 Å². The SMILES string of the molecule is C=CCn1c(SCc2ccccc2F)nnc1-c1cccc([N+](=O)[O-])c1. The molecule has 0 N–H and O–H groups in total. The molecule has 0 aliphatic carbocycles. The van der Waals surface area contributed by atoms with Crippen LogP contribution in [0.5, 0.6) is 0 Å². The zero-order chi connectivity index (χ0) is 18.5. The average molecular weight is 370 g/mol. The van der Waals surface area contributed by atoms with E-state index in [4.69, 9.17) is 0 Å². The molecule has 6 nitrogen and oxygen atoms in total. The van der Waals surface area contributed by atoms with Gasteiger partial charge in [-0.05, 0) is 11.6 Å². The lowest BCUT2D eigenvalue weighted by Gasteiger charge is -2.08. The van der Waals surface area contributed by atoms with Crippen molar-refractivity contribution < 1.29 is 9.31 Å². The predicted molar refractivity (Wildman–Crippen MR) is 98.3 cm³/mol. The smallest absolute Gasteiger partial charge is 0.270 e. The Morgan fingerprint density at radius 2 is 2.04 bits per heavy atom.